The number of carbonyl (C=O) groups excluding carboxylic acids is 4. The Labute approximate surface area is 173 Å². The van der Waals surface area contributed by atoms with Crippen LogP contribution >= 0.6 is 0 Å². The molecule has 2 amide bonds. The quantitative estimate of drug-likeness (QED) is 0.530. The van der Waals surface area contributed by atoms with Crippen molar-refractivity contribution in [3.05, 3.63) is 0 Å². The van der Waals surface area contributed by atoms with Crippen LogP contribution in [0, 0.1) is 23.7 Å². The molecule has 1 fully saturated rings. The minimum absolute atomic E-state index is 0.0887. The van der Waals surface area contributed by atoms with Gasteiger partial charge in [-0.2, -0.15) is 0 Å². The molecule has 0 spiro atoms. The molecule has 2 N–H and O–H groups in total. The van der Waals surface area contributed by atoms with Gasteiger partial charge in [0.25, 0.3) is 0 Å². The molecule has 0 saturated heterocycles. The molecule has 8 heteroatoms. The van der Waals surface area contributed by atoms with Crippen LogP contribution in [0.5, 0.6) is 0 Å². The van der Waals surface area contributed by atoms with E-state index in [0.717, 1.165) is 6.42 Å². The first-order valence-corrected chi connectivity index (χ1v) is 10.5. The lowest BCUT2D eigenvalue weighted by molar-refractivity contribution is -0.149. The summed E-state index contributed by atoms with van der Waals surface area (Å²) in [7, 11) is 2.58. The molecule has 0 aromatic carbocycles. The number of ether oxygens (including phenoxy) is 2. The van der Waals surface area contributed by atoms with Crippen molar-refractivity contribution >= 4 is 23.8 Å². The maximum Gasteiger partial charge on any atom is 0.328 e. The molecule has 1 aliphatic rings. The monoisotopic (exact) mass is 412 g/mol. The standard InChI is InChI=1S/C21H36N2O6/c1-7-12(3)16(20(26)28-5)22-18(24)14-10-9-11-15(14)19(25)23-17(13(4)8-2)21(27)29-6/h12-17H,7-11H2,1-6H3,(H,22,24)(H,23,25)/t12-,13-,14+,15+,16+,17?/m1/s1. The van der Waals surface area contributed by atoms with E-state index in [2.05, 4.69) is 10.6 Å². The third kappa shape index (κ3) is 6.44. The van der Waals surface area contributed by atoms with Crippen molar-refractivity contribution in [1.82, 2.24) is 10.6 Å². The van der Waals surface area contributed by atoms with Gasteiger partial charge in [0, 0.05) is 11.8 Å². The summed E-state index contributed by atoms with van der Waals surface area (Å²) in [6.07, 6.45) is 3.25. The SMILES string of the molecule is CC[C@@H](C)C(NC(=O)[C@H]1CCC[C@@H]1C(=O)N[C@H](C(=O)OC)[C@H](C)CC)C(=O)OC. The van der Waals surface area contributed by atoms with Gasteiger partial charge in [0.2, 0.25) is 11.8 Å². The van der Waals surface area contributed by atoms with E-state index < -0.39 is 35.9 Å². The number of nitrogens with one attached hydrogen (secondary N) is 2. The zero-order chi connectivity index (χ0) is 22.1. The number of methoxy groups -OCH3 is 2. The Kier molecular flexibility index (Phi) is 10.1. The Bertz CT molecular complexity index is 544. The van der Waals surface area contributed by atoms with Crippen LogP contribution in [0.25, 0.3) is 0 Å². The molecule has 1 aliphatic carbocycles. The lowest BCUT2D eigenvalue weighted by Crippen LogP contribution is -2.51. The van der Waals surface area contributed by atoms with E-state index in [1.54, 1.807) is 0 Å². The van der Waals surface area contributed by atoms with Crippen molar-refractivity contribution in [1.29, 1.82) is 0 Å². The Hall–Kier alpha value is -2.12. The second-order valence-corrected chi connectivity index (χ2v) is 7.93. The first-order chi connectivity index (χ1) is 13.7. The van der Waals surface area contributed by atoms with Crippen LogP contribution < -0.4 is 10.6 Å². The van der Waals surface area contributed by atoms with E-state index in [4.69, 9.17) is 9.47 Å². The molecule has 1 unspecified atom stereocenters. The van der Waals surface area contributed by atoms with Gasteiger partial charge in [0.1, 0.15) is 12.1 Å². The molecular weight excluding hydrogens is 376 g/mol. The number of rotatable bonds is 10. The zero-order valence-electron chi connectivity index (χ0n) is 18.4. The van der Waals surface area contributed by atoms with Gasteiger partial charge >= 0.3 is 11.9 Å². The molecule has 1 saturated carbocycles. The minimum atomic E-state index is -0.746. The highest BCUT2D eigenvalue weighted by Crippen LogP contribution is 2.33. The highest BCUT2D eigenvalue weighted by molar-refractivity contribution is 5.92. The van der Waals surface area contributed by atoms with Crippen molar-refractivity contribution in [2.45, 2.75) is 71.9 Å². The second kappa shape index (κ2) is 11.8. The van der Waals surface area contributed by atoms with Gasteiger partial charge in [-0.25, -0.2) is 9.59 Å². The smallest absolute Gasteiger partial charge is 0.328 e. The molecule has 1 rings (SSSR count). The molecule has 166 valence electrons. The van der Waals surface area contributed by atoms with Crippen LogP contribution in [0.15, 0.2) is 0 Å². The maximum atomic E-state index is 12.9. The van der Waals surface area contributed by atoms with E-state index in [1.807, 2.05) is 27.7 Å². The van der Waals surface area contributed by atoms with E-state index in [1.165, 1.54) is 14.2 Å². The summed E-state index contributed by atoms with van der Waals surface area (Å²) in [6.45, 7) is 7.60. The molecule has 0 radical (unpaired) electrons. The molecule has 0 aromatic rings. The fraction of sp³-hybridized carbons (Fsp3) is 0.810. The Morgan fingerprint density at radius 1 is 0.793 bits per heavy atom. The van der Waals surface area contributed by atoms with E-state index >= 15 is 0 Å². The number of amides is 2. The first kappa shape index (κ1) is 24.9. The molecule has 0 aromatic heterocycles. The van der Waals surface area contributed by atoms with Gasteiger partial charge in [0.05, 0.1) is 14.2 Å². The topological polar surface area (TPSA) is 111 Å². The molecule has 0 aliphatic heterocycles. The predicted molar refractivity (Wildman–Crippen MR) is 108 cm³/mol. The third-order valence-corrected chi connectivity index (χ3v) is 6.12. The van der Waals surface area contributed by atoms with Gasteiger partial charge in [-0.05, 0) is 24.7 Å². The highest BCUT2D eigenvalue weighted by Gasteiger charge is 2.41. The minimum Gasteiger partial charge on any atom is -0.467 e. The van der Waals surface area contributed by atoms with Crippen LogP contribution in [-0.4, -0.2) is 50.1 Å². The van der Waals surface area contributed by atoms with E-state index in [-0.39, 0.29) is 23.7 Å². The largest absolute Gasteiger partial charge is 0.467 e. The molecule has 6 atom stereocenters. The van der Waals surface area contributed by atoms with Crippen molar-refractivity contribution < 1.29 is 28.7 Å². The Morgan fingerprint density at radius 2 is 1.14 bits per heavy atom. The average molecular weight is 413 g/mol. The predicted octanol–water partition coefficient (Wildman–Crippen LogP) is 1.81. The van der Waals surface area contributed by atoms with Crippen LogP contribution in [-0.2, 0) is 28.7 Å². The van der Waals surface area contributed by atoms with Crippen molar-refractivity contribution in [3.8, 4) is 0 Å². The van der Waals surface area contributed by atoms with E-state index in [0.29, 0.717) is 25.7 Å². The van der Waals surface area contributed by atoms with Crippen LogP contribution in [0.4, 0.5) is 0 Å². The summed E-state index contributed by atoms with van der Waals surface area (Å²) in [6, 6.07) is -1.49. The molecule has 0 heterocycles. The summed E-state index contributed by atoms with van der Waals surface area (Å²) < 4.78 is 9.64. The summed E-state index contributed by atoms with van der Waals surface area (Å²) in [5.41, 5.74) is 0. The van der Waals surface area contributed by atoms with Gasteiger partial charge in [-0.15, -0.1) is 0 Å². The Morgan fingerprint density at radius 3 is 1.41 bits per heavy atom. The van der Waals surface area contributed by atoms with E-state index in [9.17, 15) is 19.2 Å². The molecule has 29 heavy (non-hydrogen) atoms. The van der Waals surface area contributed by atoms with Crippen molar-refractivity contribution in [2.75, 3.05) is 14.2 Å². The first-order valence-electron chi connectivity index (χ1n) is 10.5. The summed E-state index contributed by atoms with van der Waals surface area (Å²) in [5.74, 6) is -2.89. The number of carbonyl (C=O) groups is 4. The maximum absolute atomic E-state index is 12.9. The number of esters is 2. The summed E-state index contributed by atoms with van der Waals surface area (Å²) in [4.78, 5) is 49.9. The van der Waals surface area contributed by atoms with Gasteiger partial charge in [-0.1, -0.05) is 47.0 Å². The lowest BCUT2D eigenvalue weighted by Gasteiger charge is -2.27. The van der Waals surface area contributed by atoms with Crippen LogP contribution in [0.1, 0.15) is 59.8 Å². The Balaban J connectivity index is 2.89. The summed E-state index contributed by atoms with van der Waals surface area (Å²) in [5, 5.41) is 5.56. The normalized spacial score (nSPS) is 22.7. The second-order valence-electron chi connectivity index (χ2n) is 7.93. The van der Waals surface area contributed by atoms with Crippen LogP contribution in [0.3, 0.4) is 0 Å². The van der Waals surface area contributed by atoms with Crippen molar-refractivity contribution in [2.24, 2.45) is 23.7 Å². The van der Waals surface area contributed by atoms with Gasteiger partial charge < -0.3 is 20.1 Å². The fourth-order valence-corrected chi connectivity index (χ4v) is 3.70. The number of hydrogen-bond acceptors (Lipinski definition) is 6. The van der Waals surface area contributed by atoms with Gasteiger partial charge in [0.15, 0.2) is 0 Å². The zero-order valence-corrected chi connectivity index (χ0v) is 18.4. The van der Waals surface area contributed by atoms with Crippen LogP contribution in [0.2, 0.25) is 0 Å². The molecular formula is C21H36N2O6. The molecule has 8 nitrogen and oxygen atoms in total. The average Bonchev–Trinajstić information content (AvgIpc) is 3.23. The lowest BCUT2D eigenvalue weighted by atomic mass is 9.91. The fourth-order valence-electron chi connectivity index (χ4n) is 3.70. The summed E-state index contributed by atoms with van der Waals surface area (Å²) >= 11 is 0. The third-order valence-electron chi connectivity index (χ3n) is 6.12. The highest BCUT2D eigenvalue weighted by atomic mass is 16.5. The number of hydrogen-bond donors (Lipinski definition) is 2. The molecule has 0 bridgehead atoms. The van der Waals surface area contributed by atoms with Gasteiger partial charge in [-0.3, -0.25) is 9.59 Å². The van der Waals surface area contributed by atoms with Crippen molar-refractivity contribution in [3.63, 3.8) is 0 Å².